The van der Waals surface area contributed by atoms with E-state index in [0.29, 0.717) is 0 Å². The number of fused-ring (bicyclic) bond motifs is 1. The largest absolute Gasteiger partial charge is 0.467 e. The zero-order valence-corrected chi connectivity index (χ0v) is 35.3. The molecule has 0 spiro atoms. The molecule has 0 amide bonds. The summed E-state index contributed by atoms with van der Waals surface area (Å²) in [5.41, 5.74) is 4.60. The third-order valence-corrected chi connectivity index (χ3v) is 11.2. The average Bonchev–Trinajstić information content (AvgIpc) is 3.33. The summed E-state index contributed by atoms with van der Waals surface area (Å²) in [4.78, 5) is 28.1. The first-order chi connectivity index (χ1) is 30.9. The molecule has 3 heterocycles. The van der Waals surface area contributed by atoms with Crippen LogP contribution in [0.4, 0.5) is 0 Å². The lowest BCUT2D eigenvalue weighted by Crippen LogP contribution is -2.67. The topological polar surface area (TPSA) is 136 Å². The van der Waals surface area contributed by atoms with Gasteiger partial charge in [0, 0.05) is 12.7 Å². The van der Waals surface area contributed by atoms with E-state index >= 15 is 0 Å². The van der Waals surface area contributed by atoms with Gasteiger partial charge >= 0.3 is 11.9 Å². The quantitative estimate of drug-likeness (QED) is 0.0940. The number of rotatable bonds is 16. The zero-order valence-electron chi connectivity index (χ0n) is 35.3. The first kappa shape index (κ1) is 44.3. The van der Waals surface area contributed by atoms with Crippen molar-refractivity contribution in [3.63, 3.8) is 0 Å². The van der Waals surface area contributed by atoms with Crippen molar-refractivity contribution in [2.75, 3.05) is 20.8 Å². The van der Waals surface area contributed by atoms with Gasteiger partial charge in [-0.25, -0.2) is 9.59 Å². The molecule has 5 aromatic carbocycles. The minimum atomic E-state index is -1.50. The van der Waals surface area contributed by atoms with Gasteiger partial charge in [-0.2, -0.15) is 0 Å². The van der Waals surface area contributed by atoms with E-state index in [2.05, 4.69) is 0 Å². The molecule has 0 radical (unpaired) electrons. The van der Waals surface area contributed by atoms with Crippen LogP contribution in [0.3, 0.4) is 0 Å². The van der Waals surface area contributed by atoms with Gasteiger partial charge in [-0.05, 0) is 35.7 Å². The Morgan fingerprint density at radius 1 is 0.571 bits per heavy atom. The summed E-state index contributed by atoms with van der Waals surface area (Å²) in [6.07, 6.45) is -11.7. The fourth-order valence-corrected chi connectivity index (χ4v) is 7.91. The van der Waals surface area contributed by atoms with Crippen molar-refractivity contribution < 1.29 is 61.7 Å². The van der Waals surface area contributed by atoms with Gasteiger partial charge in [-0.3, -0.25) is 0 Å². The Labute approximate surface area is 367 Å². The molecule has 3 fully saturated rings. The summed E-state index contributed by atoms with van der Waals surface area (Å²) in [6.45, 7) is 2.39. The number of esters is 2. The summed E-state index contributed by atoms with van der Waals surface area (Å²) in [5, 5.41) is 0. The monoisotopic (exact) mass is 860 g/mol. The van der Waals surface area contributed by atoms with E-state index in [1.165, 1.54) is 14.2 Å². The van der Waals surface area contributed by atoms with Crippen molar-refractivity contribution in [2.45, 2.75) is 94.4 Å². The van der Waals surface area contributed by atoms with Gasteiger partial charge in [-0.15, -0.1) is 0 Å². The van der Waals surface area contributed by atoms with Crippen LogP contribution in [0.25, 0.3) is 0 Å². The van der Waals surface area contributed by atoms with Crippen molar-refractivity contribution in [2.24, 2.45) is 0 Å². The lowest BCUT2D eigenvalue weighted by molar-refractivity contribution is -0.395. The highest BCUT2D eigenvalue weighted by molar-refractivity contribution is 5.89. The molecule has 0 saturated carbocycles. The standard InChI is InChI=1S/C50H52O13/c1-32-24-26-36(27-25-32)46(51)60-45-42(57-30-35-20-12-6-13-21-35)41(56-29-34-18-10-5-11-19-34)43(47(52)53-2)62-50(45)63-44-40(55-28-33-16-8-4-9-17-33)39-38(59-49(44)54-3)31-58-48(61-39)37-22-14-7-15-23-37/h4-27,38-45,48-50H,28-31H2,1-3H3/t38-,39-,40+,41+,42+,43+,44+,45-,48?,49+,50+/m1/s1. The predicted octanol–water partition coefficient (Wildman–Crippen LogP) is 7.05. The highest BCUT2D eigenvalue weighted by atomic mass is 16.8. The number of hydrogen-bond donors (Lipinski definition) is 0. The lowest BCUT2D eigenvalue weighted by atomic mass is 9.95. The van der Waals surface area contributed by atoms with Crippen molar-refractivity contribution in [1.29, 1.82) is 0 Å². The Balaban J connectivity index is 1.18. The maximum Gasteiger partial charge on any atom is 0.338 e. The van der Waals surface area contributed by atoms with Gasteiger partial charge in [-0.1, -0.05) is 139 Å². The second-order valence-electron chi connectivity index (χ2n) is 15.5. The summed E-state index contributed by atoms with van der Waals surface area (Å²) in [5.74, 6) is -1.43. The van der Waals surface area contributed by atoms with Gasteiger partial charge in [0.25, 0.3) is 0 Å². The van der Waals surface area contributed by atoms with Crippen molar-refractivity contribution in [3.8, 4) is 0 Å². The molecular weight excluding hydrogens is 809 g/mol. The van der Waals surface area contributed by atoms with Crippen LogP contribution in [0.15, 0.2) is 146 Å². The van der Waals surface area contributed by atoms with E-state index in [4.69, 9.17) is 52.1 Å². The van der Waals surface area contributed by atoms with Crippen LogP contribution in [0.2, 0.25) is 0 Å². The fraction of sp³-hybridized carbons (Fsp3) is 0.360. The molecule has 330 valence electrons. The Bertz CT molecular complexity index is 2180. The molecule has 0 aromatic heterocycles. The summed E-state index contributed by atoms with van der Waals surface area (Å²) >= 11 is 0. The number of carbonyl (C=O) groups excluding carboxylic acids is 2. The van der Waals surface area contributed by atoms with Gasteiger partial charge in [0.05, 0.1) is 39.1 Å². The van der Waals surface area contributed by atoms with Gasteiger partial charge < -0.3 is 52.1 Å². The third-order valence-electron chi connectivity index (χ3n) is 11.2. The first-order valence-electron chi connectivity index (χ1n) is 21.0. The normalized spacial score (nSPS) is 28.1. The van der Waals surface area contributed by atoms with Crippen LogP contribution in [0.1, 0.15) is 44.5 Å². The van der Waals surface area contributed by atoms with Crippen molar-refractivity contribution in [3.05, 3.63) is 179 Å². The van der Waals surface area contributed by atoms with E-state index in [1.807, 2.05) is 140 Å². The van der Waals surface area contributed by atoms with Gasteiger partial charge in [0.2, 0.25) is 0 Å². The highest BCUT2D eigenvalue weighted by Crippen LogP contribution is 2.40. The van der Waals surface area contributed by atoms with E-state index in [0.717, 1.165) is 27.8 Å². The Morgan fingerprint density at radius 2 is 1.11 bits per heavy atom. The maximum atomic E-state index is 14.2. The average molecular weight is 861 g/mol. The third kappa shape index (κ3) is 10.9. The van der Waals surface area contributed by atoms with Gasteiger partial charge in [0.1, 0.15) is 36.6 Å². The number of ether oxygens (including phenoxy) is 11. The van der Waals surface area contributed by atoms with Crippen LogP contribution in [0, 0.1) is 6.92 Å². The molecule has 5 aromatic rings. The van der Waals surface area contributed by atoms with Crippen LogP contribution in [0.5, 0.6) is 0 Å². The van der Waals surface area contributed by atoms with E-state index < -0.39 is 79.6 Å². The maximum absolute atomic E-state index is 14.2. The minimum absolute atomic E-state index is 0.0599. The molecule has 11 atom stereocenters. The number of aryl methyl sites for hydroxylation is 1. The lowest BCUT2D eigenvalue weighted by Gasteiger charge is -2.51. The second kappa shape index (κ2) is 21.4. The van der Waals surface area contributed by atoms with Crippen LogP contribution in [-0.4, -0.2) is 94.2 Å². The fourth-order valence-electron chi connectivity index (χ4n) is 7.91. The van der Waals surface area contributed by atoms with E-state index in [1.54, 1.807) is 12.1 Å². The molecule has 63 heavy (non-hydrogen) atoms. The van der Waals surface area contributed by atoms with E-state index in [9.17, 15) is 9.59 Å². The highest BCUT2D eigenvalue weighted by Gasteiger charge is 2.57. The summed E-state index contributed by atoms with van der Waals surface area (Å²) < 4.78 is 70.7. The molecule has 0 N–H and O–H groups in total. The number of hydrogen-bond acceptors (Lipinski definition) is 13. The molecule has 0 aliphatic carbocycles. The zero-order chi connectivity index (χ0) is 43.5. The van der Waals surface area contributed by atoms with Gasteiger partial charge in [0.15, 0.2) is 31.1 Å². The molecule has 13 nitrogen and oxygen atoms in total. The van der Waals surface area contributed by atoms with Crippen molar-refractivity contribution in [1.82, 2.24) is 0 Å². The minimum Gasteiger partial charge on any atom is -0.467 e. The Morgan fingerprint density at radius 3 is 1.67 bits per heavy atom. The molecule has 3 saturated heterocycles. The molecule has 13 heteroatoms. The number of methoxy groups -OCH3 is 2. The van der Waals surface area contributed by atoms with Crippen LogP contribution in [-0.2, 0) is 76.7 Å². The van der Waals surface area contributed by atoms with E-state index in [-0.39, 0.29) is 32.0 Å². The SMILES string of the molecule is COC(=O)[C@H]1O[C@@H](O[C@@H]2[C@@H](OC)O[C@@H]3COC(c4ccccc4)O[C@H]3[C@@H]2OCc2ccccc2)[C@H](OC(=O)c2ccc(C)cc2)[C@@H](OCc2ccccc2)[C@@H]1OCc1ccccc1. The molecule has 1 unspecified atom stereocenters. The molecular formula is C50H52O13. The molecule has 3 aliphatic rings. The van der Waals surface area contributed by atoms with Crippen LogP contribution < -0.4 is 0 Å². The van der Waals surface area contributed by atoms with Crippen molar-refractivity contribution >= 4 is 11.9 Å². The predicted molar refractivity (Wildman–Crippen MR) is 227 cm³/mol. The molecule has 3 aliphatic heterocycles. The van der Waals surface area contributed by atoms with Crippen LogP contribution >= 0.6 is 0 Å². The smallest absolute Gasteiger partial charge is 0.338 e. The Hall–Kier alpha value is -5.32. The molecule has 0 bridgehead atoms. The summed E-state index contributed by atoms with van der Waals surface area (Å²) in [7, 11) is 2.74. The first-order valence-corrected chi connectivity index (χ1v) is 21.0. The summed E-state index contributed by atoms with van der Waals surface area (Å²) in [6, 6.07) is 45.2. The second-order valence-corrected chi connectivity index (χ2v) is 15.5. The Kier molecular flexibility index (Phi) is 15.0. The number of carbonyl (C=O) groups is 2. The molecule has 8 rings (SSSR count). The number of benzene rings is 5.